The molecule has 7 nitrogen and oxygen atoms in total. The number of methoxy groups -OCH3 is 2. The summed E-state index contributed by atoms with van der Waals surface area (Å²) < 4.78 is 11.6. The Morgan fingerprint density at radius 1 is 1.07 bits per heavy atom. The summed E-state index contributed by atoms with van der Waals surface area (Å²) in [5.74, 6) is 0.736. The predicted molar refractivity (Wildman–Crippen MR) is 107 cm³/mol. The third kappa shape index (κ3) is 4.50. The van der Waals surface area contributed by atoms with Crippen LogP contribution in [0, 0.1) is 0 Å². The number of anilines is 1. The van der Waals surface area contributed by atoms with Crippen LogP contribution in [0.15, 0.2) is 59.4 Å². The van der Waals surface area contributed by atoms with Crippen LogP contribution in [-0.4, -0.2) is 29.9 Å². The van der Waals surface area contributed by atoms with E-state index >= 15 is 0 Å². The number of aromatic nitrogens is 2. The fraction of sp³-hybridized carbons (Fsp3) is 0.150. The molecule has 8 heteroatoms. The molecule has 0 atom stereocenters. The van der Waals surface area contributed by atoms with Gasteiger partial charge in [0.05, 0.1) is 19.9 Å². The number of carbonyl (C=O) groups excluding carboxylic acids is 1. The Bertz CT molecular complexity index is 1070. The maximum absolute atomic E-state index is 12.3. The number of carbonyl (C=O) groups is 1. The maximum Gasteiger partial charge on any atom is 0.267 e. The molecule has 0 aliphatic rings. The summed E-state index contributed by atoms with van der Waals surface area (Å²) in [5.41, 5.74) is 1.41. The molecular formula is C20H18ClN3O4. The van der Waals surface area contributed by atoms with Crippen molar-refractivity contribution >= 4 is 23.2 Å². The van der Waals surface area contributed by atoms with Gasteiger partial charge in [0.15, 0.2) is 11.5 Å². The minimum absolute atomic E-state index is 0.230. The highest BCUT2D eigenvalue weighted by molar-refractivity contribution is 6.30. The van der Waals surface area contributed by atoms with E-state index in [0.29, 0.717) is 27.9 Å². The number of ether oxygens (including phenoxy) is 2. The highest BCUT2D eigenvalue weighted by Gasteiger charge is 2.11. The highest BCUT2D eigenvalue weighted by Crippen LogP contribution is 2.31. The molecule has 28 heavy (non-hydrogen) atoms. The van der Waals surface area contributed by atoms with E-state index < -0.39 is 0 Å². The Hall–Kier alpha value is -3.32. The number of halogens is 1. The standard InChI is InChI=1S/C20H18ClN3O4/c1-27-17-8-6-13(10-18(17)28-2)16-7-9-20(26)24(23-16)12-19(25)22-15-5-3-4-14(21)11-15/h3-11H,12H2,1-2H3,(H,22,25). The molecule has 1 amide bonds. The summed E-state index contributed by atoms with van der Waals surface area (Å²) in [5, 5.41) is 7.49. The molecule has 0 fully saturated rings. The molecule has 3 aromatic rings. The molecule has 0 bridgehead atoms. The van der Waals surface area contributed by atoms with Crippen LogP contribution >= 0.6 is 11.6 Å². The molecule has 0 spiro atoms. The van der Waals surface area contributed by atoms with E-state index in [-0.39, 0.29) is 18.0 Å². The second-order valence-electron chi connectivity index (χ2n) is 5.84. The summed E-state index contributed by atoms with van der Waals surface area (Å²) >= 11 is 5.91. The Morgan fingerprint density at radius 3 is 2.57 bits per heavy atom. The van der Waals surface area contributed by atoms with Gasteiger partial charge in [-0.3, -0.25) is 9.59 Å². The minimum Gasteiger partial charge on any atom is -0.493 e. The Morgan fingerprint density at radius 2 is 1.86 bits per heavy atom. The molecule has 0 radical (unpaired) electrons. The first-order valence-corrected chi connectivity index (χ1v) is 8.74. The minimum atomic E-state index is -0.388. The molecule has 3 rings (SSSR count). The molecule has 0 saturated carbocycles. The fourth-order valence-electron chi connectivity index (χ4n) is 2.61. The lowest BCUT2D eigenvalue weighted by atomic mass is 10.1. The van der Waals surface area contributed by atoms with Crippen molar-refractivity contribution in [3.05, 3.63) is 70.0 Å². The van der Waals surface area contributed by atoms with Crippen molar-refractivity contribution < 1.29 is 14.3 Å². The first-order valence-electron chi connectivity index (χ1n) is 8.36. The van der Waals surface area contributed by atoms with E-state index in [1.165, 1.54) is 13.2 Å². The number of benzene rings is 2. The molecule has 0 aliphatic heterocycles. The summed E-state index contributed by atoms with van der Waals surface area (Å²) in [6.07, 6.45) is 0. The van der Waals surface area contributed by atoms with E-state index in [1.807, 2.05) is 0 Å². The fourth-order valence-corrected chi connectivity index (χ4v) is 2.80. The highest BCUT2D eigenvalue weighted by atomic mass is 35.5. The summed E-state index contributed by atoms with van der Waals surface area (Å²) in [6, 6.07) is 15.0. The molecule has 1 heterocycles. The molecule has 2 aromatic carbocycles. The zero-order chi connectivity index (χ0) is 20.1. The Kier molecular flexibility index (Phi) is 5.96. The average molecular weight is 400 g/mol. The van der Waals surface area contributed by atoms with E-state index in [9.17, 15) is 9.59 Å². The third-order valence-corrected chi connectivity index (χ3v) is 4.18. The molecule has 1 N–H and O–H groups in total. The summed E-state index contributed by atoms with van der Waals surface area (Å²) in [4.78, 5) is 24.4. The number of amides is 1. The van der Waals surface area contributed by atoms with Crippen molar-refractivity contribution in [2.24, 2.45) is 0 Å². The van der Waals surface area contributed by atoms with Gasteiger partial charge in [-0.15, -0.1) is 0 Å². The van der Waals surface area contributed by atoms with E-state index in [0.717, 1.165) is 10.2 Å². The smallest absolute Gasteiger partial charge is 0.267 e. The van der Waals surface area contributed by atoms with Gasteiger partial charge >= 0.3 is 0 Å². The van der Waals surface area contributed by atoms with Crippen molar-refractivity contribution in [3.63, 3.8) is 0 Å². The van der Waals surface area contributed by atoms with Crippen LogP contribution in [0.25, 0.3) is 11.3 Å². The SMILES string of the molecule is COc1ccc(-c2ccc(=O)n(CC(=O)Nc3cccc(Cl)c3)n2)cc1OC. The van der Waals surface area contributed by atoms with Crippen LogP contribution in [0.2, 0.25) is 5.02 Å². The number of hydrogen-bond donors (Lipinski definition) is 1. The molecular weight excluding hydrogens is 382 g/mol. The van der Waals surface area contributed by atoms with Gasteiger partial charge in [-0.2, -0.15) is 5.10 Å². The predicted octanol–water partition coefficient (Wildman–Crippen LogP) is 3.22. The normalized spacial score (nSPS) is 10.4. The van der Waals surface area contributed by atoms with Crippen LogP contribution < -0.4 is 20.3 Å². The van der Waals surface area contributed by atoms with Gasteiger partial charge in [0.2, 0.25) is 5.91 Å². The zero-order valence-electron chi connectivity index (χ0n) is 15.3. The molecule has 0 aliphatic carbocycles. The van der Waals surface area contributed by atoms with Gasteiger partial charge in [0.1, 0.15) is 6.54 Å². The van der Waals surface area contributed by atoms with Gasteiger partial charge in [-0.05, 0) is 42.5 Å². The first-order chi connectivity index (χ1) is 13.5. The van der Waals surface area contributed by atoms with Crippen LogP contribution in [0.1, 0.15) is 0 Å². The molecule has 1 aromatic heterocycles. The van der Waals surface area contributed by atoms with Gasteiger partial charge < -0.3 is 14.8 Å². The first kappa shape index (κ1) is 19.4. The van der Waals surface area contributed by atoms with Crippen molar-refractivity contribution in [2.45, 2.75) is 6.54 Å². The summed E-state index contributed by atoms with van der Waals surface area (Å²) in [6.45, 7) is -0.230. The molecule has 0 saturated heterocycles. The molecule has 0 unspecified atom stereocenters. The lowest BCUT2D eigenvalue weighted by Gasteiger charge is -2.11. The lowest BCUT2D eigenvalue weighted by molar-refractivity contribution is -0.117. The quantitative estimate of drug-likeness (QED) is 0.688. The van der Waals surface area contributed by atoms with Crippen LogP contribution in [0.5, 0.6) is 11.5 Å². The number of rotatable bonds is 6. The lowest BCUT2D eigenvalue weighted by Crippen LogP contribution is -2.29. The zero-order valence-corrected chi connectivity index (χ0v) is 16.1. The number of nitrogens with zero attached hydrogens (tertiary/aromatic N) is 2. The monoisotopic (exact) mass is 399 g/mol. The van der Waals surface area contributed by atoms with Crippen molar-refractivity contribution in [1.29, 1.82) is 0 Å². The number of nitrogens with one attached hydrogen (secondary N) is 1. The number of hydrogen-bond acceptors (Lipinski definition) is 5. The van der Waals surface area contributed by atoms with Crippen LogP contribution in [0.4, 0.5) is 5.69 Å². The largest absolute Gasteiger partial charge is 0.493 e. The van der Waals surface area contributed by atoms with Crippen LogP contribution in [-0.2, 0) is 11.3 Å². The Labute approximate surface area is 166 Å². The van der Waals surface area contributed by atoms with Crippen molar-refractivity contribution in [3.8, 4) is 22.8 Å². The van der Waals surface area contributed by atoms with Gasteiger partial charge in [-0.1, -0.05) is 17.7 Å². The van der Waals surface area contributed by atoms with E-state index in [1.54, 1.807) is 55.6 Å². The average Bonchev–Trinajstić information content (AvgIpc) is 2.69. The topological polar surface area (TPSA) is 82.5 Å². The third-order valence-electron chi connectivity index (χ3n) is 3.95. The van der Waals surface area contributed by atoms with Gasteiger partial charge in [0, 0.05) is 22.3 Å². The van der Waals surface area contributed by atoms with E-state index in [2.05, 4.69) is 10.4 Å². The van der Waals surface area contributed by atoms with Gasteiger partial charge in [0.25, 0.3) is 5.56 Å². The Balaban J connectivity index is 1.83. The summed E-state index contributed by atoms with van der Waals surface area (Å²) in [7, 11) is 3.09. The molecule has 144 valence electrons. The van der Waals surface area contributed by atoms with E-state index in [4.69, 9.17) is 21.1 Å². The van der Waals surface area contributed by atoms with Crippen molar-refractivity contribution in [1.82, 2.24) is 9.78 Å². The maximum atomic E-state index is 12.3. The van der Waals surface area contributed by atoms with Gasteiger partial charge in [-0.25, -0.2) is 4.68 Å². The van der Waals surface area contributed by atoms with Crippen molar-refractivity contribution in [2.75, 3.05) is 19.5 Å². The van der Waals surface area contributed by atoms with Crippen LogP contribution in [0.3, 0.4) is 0 Å². The second-order valence-corrected chi connectivity index (χ2v) is 6.28. The second kappa shape index (κ2) is 8.58.